The summed E-state index contributed by atoms with van der Waals surface area (Å²) in [5, 5.41) is 0. The Balaban J connectivity index is 1.62. The third kappa shape index (κ3) is 3.61. The van der Waals surface area contributed by atoms with Gasteiger partial charge in [-0.3, -0.25) is 0 Å². The molecule has 0 saturated heterocycles. The Kier molecular flexibility index (Phi) is 4.97. The predicted molar refractivity (Wildman–Crippen MR) is 95.2 cm³/mol. The van der Waals surface area contributed by atoms with E-state index in [0.29, 0.717) is 0 Å². The van der Waals surface area contributed by atoms with Gasteiger partial charge < -0.3 is 0 Å². The highest BCUT2D eigenvalue weighted by Crippen LogP contribution is 2.40. The number of rotatable bonds is 4. The molecule has 0 spiro atoms. The molecule has 116 valence electrons. The number of hydrogen-bond acceptors (Lipinski definition) is 0. The highest BCUT2D eigenvalue weighted by Gasteiger charge is 2.27. The zero-order valence-corrected chi connectivity index (χ0v) is 14.0. The molecule has 0 amide bonds. The standard InChI is InChI=1S/C22H28/c1-17-7-6-10-22(18(17)2)21-15-13-20(14-16-21)12-11-19-8-4-3-5-9-19/h3-5,8-9,13-18,22H,6-7,10-12H2,1-2H3. The second-order valence-electron chi connectivity index (χ2n) is 7.10. The van der Waals surface area contributed by atoms with Gasteiger partial charge in [-0.25, -0.2) is 0 Å². The van der Waals surface area contributed by atoms with Crippen molar-refractivity contribution < 1.29 is 0 Å². The Morgan fingerprint density at radius 2 is 1.41 bits per heavy atom. The molecule has 22 heavy (non-hydrogen) atoms. The van der Waals surface area contributed by atoms with Crippen molar-refractivity contribution in [1.82, 2.24) is 0 Å². The Hall–Kier alpha value is -1.56. The maximum atomic E-state index is 2.44. The highest BCUT2D eigenvalue weighted by atomic mass is 14.3. The molecule has 2 aromatic carbocycles. The van der Waals surface area contributed by atoms with Crippen LogP contribution in [0.25, 0.3) is 0 Å². The lowest BCUT2D eigenvalue weighted by Crippen LogP contribution is -2.22. The average molecular weight is 292 g/mol. The predicted octanol–water partition coefficient (Wildman–Crippen LogP) is 6.01. The first-order valence-corrected chi connectivity index (χ1v) is 8.87. The van der Waals surface area contributed by atoms with Crippen molar-refractivity contribution in [2.75, 3.05) is 0 Å². The van der Waals surface area contributed by atoms with Crippen LogP contribution in [0.5, 0.6) is 0 Å². The van der Waals surface area contributed by atoms with Crippen LogP contribution in [-0.4, -0.2) is 0 Å². The summed E-state index contributed by atoms with van der Waals surface area (Å²) < 4.78 is 0. The first-order chi connectivity index (χ1) is 10.7. The molecule has 0 heteroatoms. The van der Waals surface area contributed by atoms with E-state index < -0.39 is 0 Å². The quantitative estimate of drug-likeness (QED) is 0.647. The summed E-state index contributed by atoms with van der Waals surface area (Å²) in [6.07, 6.45) is 6.45. The van der Waals surface area contributed by atoms with Crippen LogP contribution in [0.2, 0.25) is 0 Å². The molecule has 3 unspecified atom stereocenters. The molecule has 0 aromatic heterocycles. The van der Waals surface area contributed by atoms with Crippen molar-refractivity contribution in [3.8, 4) is 0 Å². The normalized spacial score (nSPS) is 25.1. The van der Waals surface area contributed by atoms with Crippen LogP contribution < -0.4 is 0 Å². The number of hydrogen-bond donors (Lipinski definition) is 0. The minimum absolute atomic E-state index is 0.770. The van der Waals surface area contributed by atoms with Gasteiger partial charge in [0.2, 0.25) is 0 Å². The zero-order valence-electron chi connectivity index (χ0n) is 14.0. The fourth-order valence-corrected chi connectivity index (χ4v) is 3.92. The van der Waals surface area contributed by atoms with E-state index in [1.165, 1.54) is 30.4 Å². The Morgan fingerprint density at radius 1 is 0.773 bits per heavy atom. The van der Waals surface area contributed by atoms with E-state index >= 15 is 0 Å². The molecule has 1 saturated carbocycles. The number of benzene rings is 2. The van der Waals surface area contributed by atoms with Gasteiger partial charge in [-0.1, -0.05) is 81.3 Å². The largest absolute Gasteiger partial charge is 0.0622 e. The Labute approximate surface area is 135 Å². The van der Waals surface area contributed by atoms with E-state index in [4.69, 9.17) is 0 Å². The molecular formula is C22H28. The van der Waals surface area contributed by atoms with Gasteiger partial charge in [0.25, 0.3) is 0 Å². The van der Waals surface area contributed by atoms with Crippen molar-refractivity contribution in [3.63, 3.8) is 0 Å². The first kappa shape index (κ1) is 15.3. The van der Waals surface area contributed by atoms with Crippen LogP contribution in [0.3, 0.4) is 0 Å². The van der Waals surface area contributed by atoms with Gasteiger partial charge in [0.1, 0.15) is 0 Å². The van der Waals surface area contributed by atoms with Crippen LogP contribution in [0.4, 0.5) is 0 Å². The van der Waals surface area contributed by atoms with E-state index in [-0.39, 0.29) is 0 Å². The molecule has 3 rings (SSSR count). The van der Waals surface area contributed by atoms with Crippen LogP contribution in [0, 0.1) is 11.8 Å². The summed E-state index contributed by atoms with van der Waals surface area (Å²) in [6, 6.07) is 20.3. The van der Waals surface area contributed by atoms with Gasteiger partial charge in [-0.05, 0) is 53.7 Å². The van der Waals surface area contributed by atoms with Gasteiger partial charge >= 0.3 is 0 Å². The zero-order chi connectivity index (χ0) is 15.4. The third-order valence-electron chi connectivity index (χ3n) is 5.66. The third-order valence-corrected chi connectivity index (χ3v) is 5.66. The van der Waals surface area contributed by atoms with Gasteiger partial charge in [-0.15, -0.1) is 0 Å². The Morgan fingerprint density at radius 3 is 2.09 bits per heavy atom. The Bertz CT molecular complexity index is 567. The van der Waals surface area contributed by atoms with E-state index in [1.807, 2.05) is 0 Å². The average Bonchev–Trinajstić information content (AvgIpc) is 2.57. The monoisotopic (exact) mass is 292 g/mol. The molecule has 0 nitrogen and oxygen atoms in total. The topological polar surface area (TPSA) is 0 Å². The lowest BCUT2D eigenvalue weighted by atomic mass is 9.71. The molecule has 1 fully saturated rings. The number of aryl methyl sites for hydroxylation is 2. The van der Waals surface area contributed by atoms with Crippen LogP contribution in [-0.2, 0) is 12.8 Å². The minimum Gasteiger partial charge on any atom is -0.0622 e. The van der Waals surface area contributed by atoms with E-state index in [2.05, 4.69) is 68.4 Å². The first-order valence-electron chi connectivity index (χ1n) is 8.87. The smallest absolute Gasteiger partial charge is 0.0134 e. The molecule has 2 aromatic rings. The van der Waals surface area contributed by atoms with Gasteiger partial charge in [0.05, 0.1) is 0 Å². The van der Waals surface area contributed by atoms with Crippen molar-refractivity contribution in [3.05, 3.63) is 71.3 Å². The van der Waals surface area contributed by atoms with Crippen LogP contribution in [0.15, 0.2) is 54.6 Å². The van der Waals surface area contributed by atoms with Crippen molar-refractivity contribution in [2.24, 2.45) is 11.8 Å². The lowest BCUT2D eigenvalue weighted by Gasteiger charge is -2.34. The minimum atomic E-state index is 0.770. The van der Waals surface area contributed by atoms with Gasteiger partial charge in [0.15, 0.2) is 0 Å². The maximum absolute atomic E-state index is 2.44. The summed E-state index contributed by atoms with van der Waals surface area (Å²) >= 11 is 0. The second-order valence-corrected chi connectivity index (χ2v) is 7.10. The summed E-state index contributed by atoms with van der Waals surface area (Å²) in [5.74, 6) is 2.47. The molecule has 0 aliphatic heterocycles. The molecule has 0 radical (unpaired) electrons. The van der Waals surface area contributed by atoms with E-state index in [9.17, 15) is 0 Å². The van der Waals surface area contributed by atoms with Crippen LogP contribution >= 0.6 is 0 Å². The lowest BCUT2D eigenvalue weighted by molar-refractivity contribution is 0.238. The van der Waals surface area contributed by atoms with E-state index in [0.717, 1.165) is 30.6 Å². The van der Waals surface area contributed by atoms with Gasteiger partial charge in [0, 0.05) is 0 Å². The van der Waals surface area contributed by atoms with Crippen molar-refractivity contribution in [1.29, 1.82) is 0 Å². The SMILES string of the molecule is CC1CCCC(c2ccc(CCc3ccccc3)cc2)C1C. The summed E-state index contributed by atoms with van der Waals surface area (Å²) in [7, 11) is 0. The second kappa shape index (κ2) is 7.13. The molecule has 3 atom stereocenters. The van der Waals surface area contributed by atoms with E-state index in [1.54, 1.807) is 5.56 Å². The summed E-state index contributed by atoms with van der Waals surface area (Å²) in [4.78, 5) is 0. The van der Waals surface area contributed by atoms with Crippen LogP contribution in [0.1, 0.15) is 55.7 Å². The maximum Gasteiger partial charge on any atom is -0.0134 e. The molecule has 0 heterocycles. The highest BCUT2D eigenvalue weighted by molar-refractivity contribution is 5.27. The summed E-state index contributed by atoms with van der Waals surface area (Å²) in [5.41, 5.74) is 4.45. The fraction of sp³-hybridized carbons (Fsp3) is 0.455. The molecule has 0 N–H and O–H groups in total. The molecule has 1 aliphatic rings. The van der Waals surface area contributed by atoms with Crippen molar-refractivity contribution in [2.45, 2.75) is 51.9 Å². The molecular weight excluding hydrogens is 264 g/mol. The summed E-state index contributed by atoms with van der Waals surface area (Å²) in [6.45, 7) is 4.86. The molecule has 1 aliphatic carbocycles. The molecule has 0 bridgehead atoms. The fourth-order valence-electron chi connectivity index (χ4n) is 3.92. The van der Waals surface area contributed by atoms with Crippen molar-refractivity contribution >= 4 is 0 Å². The van der Waals surface area contributed by atoms with Gasteiger partial charge in [-0.2, -0.15) is 0 Å².